The van der Waals surface area contributed by atoms with Crippen LogP contribution in [0.3, 0.4) is 0 Å². The molecular formula is C23H30N4O4. The Morgan fingerprint density at radius 1 is 1.16 bits per heavy atom. The largest absolute Gasteiger partial charge is 0.380 e. The van der Waals surface area contributed by atoms with E-state index in [9.17, 15) is 9.59 Å². The van der Waals surface area contributed by atoms with Crippen molar-refractivity contribution in [2.75, 3.05) is 53.9 Å². The van der Waals surface area contributed by atoms with Gasteiger partial charge in [-0.05, 0) is 33.2 Å². The molecule has 1 aromatic carbocycles. The van der Waals surface area contributed by atoms with Crippen LogP contribution in [-0.4, -0.2) is 85.6 Å². The van der Waals surface area contributed by atoms with Crippen LogP contribution in [0.4, 0.5) is 0 Å². The molecule has 2 atom stereocenters. The van der Waals surface area contributed by atoms with Crippen LogP contribution in [-0.2, 0) is 11.3 Å². The second-order valence-electron chi connectivity index (χ2n) is 9.03. The lowest BCUT2D eigenvalue weighted by Gasteiger charge is -2.32. The first kappa shape index (κ1) is 21.5. The molecule has 4 rings (SSSR count). The van der Waals surface area contributed by atoms with E-state index in [-0.39, 0.29) is 29.8 Å². The van der Waals surface area contributed by atoms with Crippen molar-refractivity contribution in [1.82, 2.24) is 19.9 Å². The van der Waals surface area contributed by atoms with Crippen LogP contribution in [0.15, 0.2) is 34.9 Å². The maximum absolute atomic E-state index is 13.3. The standard InChI is InChI=1S/C23H30N4O4/c1-16-19(12-30-4)20(24-31-16)22(29)27-11-18-10-26(14-23(18,15-27)13-25(2)3)21(28)17-8-6-5-7-9-17/h5-9,18H,10-15H2,1-4H3/t18-,23+/m1/s1. The summed E-state index contributed by atoms with van der Waals surface area (Å²) in [6.07, 6.45) is 0. The molecule has 8 nitrogen and oxygen atoms in total. The predicted octanol–water partition coefficient (Wildman–Crippen LogP) is 1.91. The lowest BCUT2D eigenvalue weighted by atomic mass is 9.80. The maximum atomic E-state index is 13.3. The fourth-order valence-electron chi connectivity index (χ4n) is 5.13. The first-order chi connectivity index (χ1) is 14.8. The Hall–Kier alpha value is -2.71. The number of hydrogen-bond acceptors (Lipinski definition) is 6. The number of fused-ring (bicyclic) bond motifs is 1. The van der Waals surface area contributed by atoms with Crippen molar-refractivity contribution < 1.29 is 18.8 Å². The number of likely N-dealkylation sites (tertiary alicyclic amines) is 2. The van der Waals surface area contributed by atoms with Crippen molar-refractivity contribution in [3.05, 3.63) is 52.9 Å². The highest BCUT2D eigenvalue weighted by molar-refractivity contribution is 5.95. The lowest BCUT2D eigenvalue weighted by Crippen LogP contribution is -2.43. The molecule has 2 amide bonds. The molecule has 1 aromatic heterocycles. The molecule has 0 saturated carbocycles. The Morgan fingerprint density at radius 3 is 2.42 bits per heavy atom. The number of nitrogens with zero attached hydrogens (tertiary/aromatic N) is 4. The predicted molar refractivity (Wildman–Crippen MR) is 115 cm³/mol. The van der Waals surface area contributed by atoms with Crippen LogP contribution in [0, 0.1) is 18.3 Å². The van der Waals surface area contributed by atoms with Gasteiger partial charge in [-0.3, -0.25) is 9.59 Å². The molecule has 2 aliphatic rings. The van der Waals surface area contributed by atoms with E-state index >= 15 is 0 Å². The molecule has 166 valence electrons. The number of benzene rings is 1. The Labute approximate surface area is 182 Å². The zero-order valence-electron chi connectivity index (χ0n) is 18.6. The number of aryl methyl sites for hydroxylation is 1. The molecule has 0 unspecified atom stereocenters. The molecule has 8 heteroatoms. The summed E-state index contributed by atoms with van der Waals surface area (Å²) in [5.74, 6) is 0.746. The molecule has 3 heterocycles. The van der Waals surface area contributed by atoms with E-state index in [0.29, 0.717) is 48.8 Å². The topological polar surface area (TPSA) is 79.1 Å². The summed E-state index contributed by atoms with van der Waals surface area (Å²) >= 11 is 0. The lowest BCUT2D eigenvalue weighted by molar-refractivity contribution is 0.0693. The molecule has 0 spiro atoms. The van der Waals surface area contributed by atoms with Crippen LogP contribution in [0.25, 0.3) is 0 Å². The van der Waals surface area contributed by atoms with E-state index in [1.807, 2.05) is 54.2 Å². The fraction of sp³-hybridized carbons (Fsp3) is 0.522. The number of methoxy groups -OCH3 is 1. The minimum Gasteiger partial charge on any atom is -0.380 e. The van der Waals surface area contributed by atoms with Gasteiger partial charge >= 0.3 is 0 Å². The number of amides is 2. The van der Waals surface area contributed by atoms with Crippen molar-refractivity contribution in [3.8, 4) is 0 Å². The highest BCUT2D eigenvalue weighted by atomic mass is 16.5. The second-order valence-corrected chi connectivity index (χ2v) is 9.03. The quantitative estimate of drug-likeness (QED) is 0.702. The Balaban J connectivity index is 1.55. The van der Waals surface area contributed by atoms with Gasteiger partial charge in [0.05, 0.1) is 12.2 Å². The summed E-state index contributed by atoms with van der Waals surface area (Å²) in [6, 6.07) is 9.40. The molecule has 31 heavy (non-hydrogen) atoms. The highest BCUT2D eigenvalue weighted by Crippen LogP contribution is 2.44. The summed E-state index contributed by atoms with van der Waals surface area (Å²) in [5, 5.41) is 4.02. The Bertz CT molecular complexity index is 958. The van der Waals surface area contributed by atoms with Gasteiger partial charge in [0.2, 0.25) is 0 Å². The van der Waals surface area contributed by atoms with Gasteiger partial charge in [0, 0.05) is 56.7 Å². The van der Waals surface area contributed by atoms with E-state index in [4.69, 9.17) is 9.26 Å². The number of aromatic nitrogens is 1. The SMILES string of the molecule is COCc1c(C(=O)N2C[C@H]3CN(C(=O)c4ccccc4)C[C@@]3(CN(C)C)C2)noc1C. The van der Waals surface area contributed by atoms with Crippen molar-refractivity contribution in [1.29, 1.82) is 0 Å². The van der Waals surface area contributed by atoms with Gasteiger partial charge in [-0.1, -0.05) is 23.4 Å². The molecule has 2 fully saturated rings. The van der Waals surface area contributed by atoms with Gasteiger partial charge in [0.25, 0.3) is 11.8 Å². The van der Waals surface area contributed by atoms with Crippen LogP contribution in [0.5, 0.6) is 0 Å². The Kier molecular flexibility index (Phi) is 5.85. The van der Waals surface area contributed by atoms with E-state index in [0.717, 1.165) is 6.54 Å². The number of carbonyl (C=O) groups is 2. The molecule has 2 aromatic rings. The van der Waals surface area contributed by atoms with Crippen molar-refractivity contribution in [2.24, 2.45) is 11.3 Å². The number of rotatable bonds is 6. The minimum atomic E-state index is -0.163. The molecule has 0 bridgehead atoms. The molecular weight excluding hydrogens is 396 g/mol. The summed E-state index contributed by atoms with van der Waals surface area (Å²) in [6.45, 7) is 5.36. The third kappa shape index (κ3) is 3.97. The molecule has 2 saturated heterocycles. The summed E-state index contributed by atoms with van der Waals surface area (Å²) in [4.78, 5) is 32.3. The van der Waals surface area contributed by atoms with Crippen LogP contribution >= 0.6 is 0 Å². The van der Waals surface area contributed by atoms with Crippen molar-refractivity contribution in [2.45, 2.75) is 13.5 Å². The van der Waals surface area contributed by atoms with E-state index in [1.165, 1.54) is 0 Å². The van der Waals surface area contributed by atoms with Gasteiger partial charge in [-0.25, -0.2) is 0 Å². The second kappa shape index (κ2) is 8.43. The van der Waals surface area contributed by atoms with Gasteiger partial charge in [-0.2, -0.15) is 0 Å². The van der Waals surface area contributed by atoms with Crippen molar-refractivity contribution >= 4 is 11.8 Å². The van der Waals surface area contributed by atoms with E-state index in [2.05, 4.69) is 10.1 Å². The normalized spacial score (nSPS) is 22.9. The smallest absolute Gasteiger partial charge is 0.276 e. The van der Waals surface area contributed by atoms with Gasteiger partial charge < -0.3 is 24.0 Å². The van der Waals surface area contributed by atoms with Crippen LogP contribution in [0.2, 0.25) is 0 Å². The monoisotopic (exact) mass is 426 g/mol. The number of hydrogen-bond donors (Lipinski definition) is 0. The van der Waals surface area contributed by atoms with Crippen LogP contribution in [0.1, 0.15) is 32.2 Å². The Morgan fingerprint density at radius 2 is 1.81 bits per heavy atom. The summed E-state index contributed by atoms with van der Waals surface area (Å²) in [7, 11) is 5.66. The fourth-order valence-corrected chi connectivity index (χ4v) is 5.13. The average Bonchev–Trinajstić information content (AvgIpc) is 3.38. The first-order valence-corrected chi connectivity index (χ1v) is 10.6. The van der Waals surface area contributed by atoms with Gasteiger partial charge in [-0.15, -0.1) is 0 Å². The number of ether oxygens (including phenoxy) is 1. The molecule has 0 N–H and O–H groups in total. The zero-order valence-corrected chi connectivity index (χ0v) is 18.6. The maximum Gasteiger partial charge on any atom is 0.276 e. The van der Waals surface area contributed by atoms with Crippen LogP contribution < -0.4 is 0 Å². The van der Waals surface area contributed by atoms with Gasteiger partial charge in [0.1, 0.15) is 5.76 Å². The molecule has 2 aliphatic heterocycles. The molecule has 0 aliphatic carbocycles. The first-order valence-electron chi connectivity index (χ1n) is 10.6. The van der Waals surface area contributed by atoms with Gasteiger partial charge in [0.15, 0.2) is 5.69 Å². The average molecular weight is 427 g/mol. The highest BCUT2D eigenvalue weighted by Gasteiger charge is 2.55. The number of carbonyl (C=O) groups excluding carboxylic acids is 2. The van der Waals surface area contributed by atoms with E-state index in [1.54, 1.807) is 14.0 Å². The van der Waals surface area contributed by atoms with E-state index < -0.39 is 0 Å². The summed E-state index contributed by atoms with van der Waals surface area (Å²) < 4.78 is 10.5. The van der Waals surface area contributed by atoms with Crippen molar-refractivity contribution in [3.63, 3.8) is 0 Å². The summed E-state index contributed by atoms with van der Waals surface area (Å²) in [5.41, 5.74) is 1.57. The third-order valence-electron chi connectivity index (χ3n) is 6.46. The molecule has 0 radical (unpaired) electrons. The zero-order chi connectivity index (χ0) is 22.2. The third-order valence-corrected chi connectivity index (χ3v) is 6.46. The minimum absolute atomic E-state index is 0.0560.